The van der Waals surface area contributed by atoms with E-state index in [4.69, 9.17) is 4.74 Å². The van der Waals surface area contributed by atoms with Crippen LogP contribution >= 0.6 is 0 Å². The van der Waals surface area contributed by atoms with Crippen molar-refractivity contribution >= 4 is 0 Å². The predicted molar refractivity (Wildman–Crippen MR) is 229 cm³/mol. The van der Waals surface area contributed by atoms with Crippen LogP contribution in [0.4, 0.5) is 193 Å². The number of benzene rings is 2. The van der Waals surface area contributed by atoms with Gasteiger partial charge >= 0.3 is 121 Å². The third-order valence-electron chi connectivity index (χ3n) is 11.8. The van der Waals surface area contributed by atoms with Gasteiger partial charge in [0.15, 0.2) is 0 Å². The number of hydrogen-bond acceptors (Lipinski definition) is 9. The molecular formula is C46H34F44O9. The first-order chi connectivity index (χ1) is 43.5. The van der Waals surface area contributed by atoms with E-state index in [1.807, 2.05) is 4.74 Å². The van der Waals surface area contributed by atoms with Gasteiger partial charge in [0.05, 0.1) is 26.2 Å². The summed E-state index contributed by atoms with van der Waals surface area (Å²) in [6.07, 6.45) is -103. The Bertz CT molecular complexity index is 2830. The highest BCUT2D eigenvalue weighted by Crippen LogP contribution is 2.56. The van der Waals surface area contributed by atoms with E-state index in [9.17, 15) is 176 Å². The van der Waals surface area contributed by atoms with Crippen LogP contribution in [0.25, 0.3) is 11.1 Å². The maximum Gasteiger partial charge on any atom is 0.462 e. The summed E-state index contributed by atoms with van der Waals surface area (Å²) in [5.41, 5.74) is -1.47. The zero-order chi connectivity index (χ0) is 78.1. The first-order valence-corrected chi connectivity index (χ1v) is 25.0. The van der Waals surface area contributed by atoms with Crippen molar-refractivity contribution in [2.75, 3.05) is 39.6 Å². The van der Waals surface area contributed by atoms with Crippen molar-refractivity contribution in [1.82, 2.24) is 0 Å². The van der Waals surface area contributed by atoms with Gasteiger partial charge in [-0.05, 0) is 41.7 Å². The van der Waals surface area contributed by atoms with Gasteiger partial charge in [0.25, 0.3) is 0 Å². The molecule has 0 saturated heterocycles. The summed E-state index contributed by atoms with van der Waals surface area (Å²) < 4.78 is 634. The van der Waals surface area contributed by atoms with Crippen molar-refractivity contribution in [3.05, 3.63) is 48.0 Å². The molecule has 2 rings (SSSR count). The van der Waals surface area contributed by atoms with Gasteiger partial charge in [0.1, 0.15) is 43.5 Å². The molecule has 99 heavy (non-hydrogen) atoms. The van der Waals surface area contributed by atoms with Crippen LogP contribution < -0.4 is 9.47 Å². The molecule has 53 heteroatoms. The molecule has 0 bridgehead atoms. The lowest BCUT2D eigenvalue weighted by molar-refractivity contribution is -0.487. The van der Waals surface area contributed by atoms with Gasteiger partial charge in [-0.25, -0.2) is 4.39 Å². The molecule has 0 saturated carbocycles. The minimum absolute atomic E-state index is 0.0385. The lowest BCUT2D eigenvalue weighted by Gasteiger charge is -2.37. The van der Waals surface area contributed by atoms with E-state index in [-0.39, 0.29) is 24.1 Å². The molecule has 0 spiro atoms. The smallest absolute Gasteiger partial charge is 0.462 e. The molecule has 2 aromatic carbocycles. The zero-order valence-electron chi connectivity index (χ0n) is 46.8. The van der Waals surface area contributed by atoms with E-state index >= 15 is 17.6 Å². The van der Waals surface area contributed by atoms with Crippen LogP contribution in [-0.2, 0) is 39.6 Å². The number of aryl methyl sites for hydroxylation is 1. The SMILES string of the molecule is CCCCCc1ccc(-c2cc(OC(COCC(F)(OC(F)(F)C(F)(F)C(F)(F)F)C(F)(F)F)COCC(F)(OC(F)(F)C(F)(F)C(F)(F)F)C(F)(F)F)cc(OC(COCC(F)(OC(F)(F)C(F)(F)C(F)(F)F)C(F)(F)F)CC(F)(OC(F)(F)C(F)(F)C(F)(F)F)C(F)(F)F)c2)cc1. The second kappa shape index (κ2) is 29.4. The van der Waals surface area contributed by atoms with Crippen LogP contribution in [0.1, 0.15) is 38.2 Å². The average molecular weight is 1570 g/mol. The largest absolute Gasteiger partial charge is 0.488 e. The zero-order valence-corrected chi connectivity index (χ0v) is 46.8. The van der Waals surface area contributed by atoms with E-state index in [0.29, 0.717) is 19.3 Å². The number of halogens is 44. The van der Waals surface area contributed by atoms with E-state index in [1.54, 1.807) is 6.92 Å². The summed E-state index contributed by atoms with van der Waals surface area (Å²) >= 11 is 0. The Morgan fingerprint density at radius 1 is 0.293 bits per heavy atom. The highest BCUT2D eigenvalue weighted by Gasteiger charge is 2.82. The molecule has 0 heterocycles. The molecule has 0 aliphatic heterocycles. The predicted octanol–water partition coefficient (Wildman–Crippen LogP) is 19.2. The van der Waals surface area contributed by atoms with E-state index < -0.39 is 208 Å². The second-order valence-electron chi connectivity index (χ2n) is 19.7. The van der Waals surface area contributed by atoms with Gasteiger partial charge in [-0.2, -0.15) is 189 Å². The maximum atomic E-state index is 15.9. The topological polar surface area (TPSA) is 83.1 Å². The van der Waals surface area contributed by atoms with Gasteiger partial charge in [0, 0.05) is 6.07 Å². The van der Waals surface area contributed by atoms with Gasteiger partial charge in [-0.3, -0.25) is 18.9 Å². The Morgan fingerprint density at radius 2 is 0.556 bits per heavy atom. The first kappa shape index (κ1) is 89.8. The quantitative estimate of drug-likeness (QED) is 0.0495. The van der Waals surface area contributed by atoms with Gasteiger partial charge in [-0.15, -0.1) is 0 Å². The van der Waals surface area contributed by atoms with E-state index in [2.05, 4.69) is 33.2 Å². The summed E-state index contributed by atoms with van der Waals surface area (Å²) in [5, 5.41) is 0. The van der Waals surface area contributed by atoms with Crippen LogP contribution in [0.5, 0.6) is 11.5 Å². The molecule has 5 atom stereocenters. The summed E-state index contributed by atoms with van der Waals surface area (Å²) in [6.45, 7) is -18.1. The van der Waals surface area contributed by atoms with Crippen LogP contribution in [0.3, 0.4) is 0 Å². The summed E-state index contributed by atoms with van der Waals surface area (Å²) in [7, 11) is 0. The highest BCUT2D eigenvalue weighted by atomic mass is 19.5. The molecule has 0 aliphatic carbocycles. The molecule has 0 radical (unpaired) electrons. The van der Waals surface area contributed by atoms with Gasteiger partial charge < -0.3 is 23.7 Å². The third kappa shape index (κ3) is 20.7. The number of unbranched alkanes of at least 4 members (excludes halogenated alkanes) is 2. The molecule has 0 aromatic heterocycles. The number of alkyl halides is 44. The molecular weight excluding hydrogens is 1530 g/mol. The van der Waals surface area contributed by atoms with Crippen molar-refractivity contribution in [2.45, 2.75) is 172 Å². The lowest BCUT2D eigenvalue weighted by Crippen LogP contribution is -2.60. The molecule has 580 valence electrons. The normalized spacial score (nSPS) is 17.9. The fourth-order valence-electron chi connectivity index (χ4n) is 6.66. The Morgan fingerprint density at radius 3 is 0.818 bits per heavy atom. The summed E-state index contributed by atoms with van der Waals surface area (Å²) in [6, 6.07) is 3.42. The minimum Gasteiger partial charge on any atom is -0.488 e. The molecule has 9 nitrogen and oxygen atoms in total. The van der Waals surface area contributed by atoms with E-state index in [0.717, 1.165) is 24.3 Å². The van der Waals surface area contributed by atoms with Crippen LogP contribution in [0.2, 0.25) is 0 Å². The van der Waals surface area contributed by atoms with Crippen molar-refractivity contribution < 1.29 is 236 Å². The van der Waals surface area contributed by atoms with Crippen LogP contribution in [-0.4, -0.2) is 173 Å². The minimum atomic E-state index is -8.05. The summed E-state index contributed by atoms with van der Waals surface area (Å²) in [4.78, 5) is 0. The maximum absolute atomic E-state index is 15.9. The van der Waals surface area contributed by atoms with Gasteiger partial charge in [-0.1, -0.05) is 44.0 Å². The standard InChI is InChI=1S/C46H34F44O9/c1-2-3-4-5-20-6-8-21(9-7-20)22-10-23(94-25(13-27(47,35(59,60)61)96-43(83,84)31(51,52)39(71,72)73)14-91-17-28(48,36(62,63)64)97-44(85,86)32(53,54)40(74,75)76)12-24(11-22)95-26(15-92-18-29(49,37(65,66)67)98-45(87,88)33(55,56)41(77,78)79)16-93-19-30(50,38(68,69)70)99-46(89,90)34(57,58)42(80,81)82/h6-12,25-26H,2-5,13-19H2,1H3. The summed E-state index contributed by atoms with van der Waals surface area (Å²) in [5.74, 6) is -63.3. The fraction of sp³-hybridized carbons (Fsp3) is 0.739. The Hall–Kier alpha value is -5.32. The number of rotatable bonds is 35. The Kier molecular flexibility index (Phi) is 26.7. The fourth-order valence-corrected chi connectivity index (χ4v) is 6.66. The average Bonchev–Trinajstić information content (AvgIpc) is 0.771. The third-order valence-corrected chi connectivity index (χ3v) is 11.8. The first-order valence-electron chi connectivity index (χ1n) is 25.0. The second-order valence-corrected chi connectivity index (χ2v) is 19.7. The molecule has 0 amide bonds. The molecule has 0 fully saturated rings. The molecule has 5 unspecified atom stereocenters. The molecule has 2 aromatic rings. The van der Waals surface area contributed by atoms with Crippen molar-refractivity contribution in [1.29, 1.82) is 0 Å². The van der Waals surface area contributed by atoms with Crippen LogP contribution in [0, 0.1) is 0 Å². The van der Waals surface area contributed by atoms with Crippen LogP contribution in [0.15, 0.2) is 42.5 Å². The lowest BCUT2D eigenvalue weighted by atomic mass is 10.0. The van der Waals surface area contributed by atoms with Crippen molar-refractivity contribution in [3.63, 3.8) is 0 Å². The number of hydrogen-bond donors (Lipinski definition) is 0. The molecule has 0 N–H and O–H groups in total. The van der Waals surface area contributed by atoms with Gasteiger partial charge in [0.2, 0.25) is 0 Å². The Balaban J connectivity index is 3.21. The van der Waals surface area contributed by atoms with Crippen molar-refractivity contribution in [2.24, 2.45) is 0 Å². The number of ether oxygens (including phenoxy) is 9. The van der Waals surface area contributed by atoms with E-state index in [1.165, 1.54) is 0 Å². The Labute approximate surface area is 518 Å². The van der Waals surface area contributed by atoms with Crippen molar-refractivity contribution in [3.8, 4) is 22.6 Å². The molecule has 0 aliphatic rings. The highest BCUT2D eigenvalue weighted by molar-refractivity contribution is 5.67. The monoisotopic (exact) mass is 1570 g/mol.